The molecular weight excluding hydrogens is 252 g/mol. The molecule has 0 aliphatic carbocycles. The van der Waals surface area contributed by atoms with Gasteiger partial charge in [-0.2, -0.15) is 0 Å². The average Bonchev–Trinajstić information content (AvgIpc) is 2.77. The Morgan fingerprint density at radius 1 is 1.25 bits per heavy atom. The van der Waals surface area contributed by atoms with E-state index < -0.39 is 0 Å². The van der Waals surface area contributed by atoms with Gasteiger partial charge in [0.25, 0.3) is 5.91 Å². The molecule has 1 aromatic heterocycles. The molecule has 0 atom stereocenters. The van der Waals surface area contributed by atoms with E-state index in [2.05, 4.69) is 17.6 Å². The van der Waals surface area contributed by atoms with Crippen LogP contribution in [0.4, 0.5) is 5.69 Å². The first kappa shape index (κ1) is 14.3. The van der Waals surface area contributed by atoms with Crippen molar-refractivity contribution in [2.75, 3.05) is 11.9 Å². The van der Waals surface area contributed by atoms with Crippen molar-refractivity contribution in [1.82, 2.24) is 5.32 Å². The van der Waals surface area contributed by atoms with Crippen LogP contribution in [0.1, 0.15) is 34.4 Å². The molecule has 106 valence electrons. The second-order valence-corrected chi connectivity index (χ2v) is 4.72. The Bertz CT molecular complexity index is 602. The predicted molar refractivity (Wildman–Crippen MR) is 80.0 cm³/mol. The van der Waals surface area contributed by atoms with Gasteiger partial charge in [-0.3, -0.25) is 4.79 Å². The van der Waals surface area contributed by atoms with Gasteiger partial charge >= 0.3 is 0 Å². The number of furan rings is 1. The highest BCUT2D eigenvalue weighted by Gasteiger charge is 2.14. The number of hydrogen-bond acceptors (Lipinski definition) is 3. The summed E-state index contributed by atoms with van der Waals surface area (Å²) < 4.78 is 5.40. The van der Waals surface area contributed by atoms with E-state index in [0.717, 1.165) is 30.1 Å². The number of aryl methyl sites for hydroxylation is 2. The van der Waals surface area contributed by atoms with Gasteiger partial charge in [-0.1, -0.05) is 25.1 Å². The molecule has 2 N–H and O–H groups in total. The molecule has 0 unspecified atom stereocenters. The molecule has 1 aromatic carbocycles. The van der Waals surface area contributed by atoms with Crippen LogP contribution in [0.2, 0.25) is 0 Å². The second-order valence-electron chi connectivity index (χ2n) is 4.72. The number of carbonyl (C=O) groups is 1. The lowest BCUT2D eigenvalue weighted by Crippen LogP contribution is -2.17. The summed E-state index contributed by atoms with van der Waals surface area (Å²) in [7, 11) is 0. The molecule has 0 saturated carbocycles. The lowest BCUT2D eigenvalue weighted by atomic mass is 10.1. The van der Waals surface area contributed by atoms with E-state index >= 15 is 0 Å². The quantitative estimate of drug-likeness (QED) is 0.878. The Balaban J connectivity index is 2.17. The maximum atomic E-state index is 12.3. The van der Waals surface area contributed by atoms with Crippen LogP contribution in [0, 0.1) is 13.8 Å². The smallest absolute Gasteiger partial charge is 0.259 e. The largest absolute Gasteiger partial charge is 0.466 e. The third-order valence-corrected chi connectivity index (χ3v) is 3.12. The minimum absolute atomic E-state index is 0.136. The summed E-state index contributed by atoms with van der Waals surface area (Å²) in [4.78, 5) is 12.3. The van der Waals surface area contributed by atoms with E-state index in [1.54, 1.807) is 13.0 Å². The minimum Gasteiger partial charge on any atom is -0.466 e. The summed E-state index contributed by atoms with van der Waals surface area (Å²) in [6.45, 7) is 7.31. The molecule has 0 saturated heterocycles. The zero-order valence-corrected chi connectivity index (χ0v) is 12.1. The standard InChI is InChI=1S/C16H20N2O2/c1-4-17-10-13-7-5-6-8-15(13)18-16(19)14-9-11(2)20-12(14)3/h5-9,17H,4,10H2,1-3H3,(H,18,19). The van der Waals surface area contributed by atoms with Gasteiger partial charge in [0, 0.05) is 12.2 Å². The van der Waals surface area contributed by atoms with Crippen molar-refractivity contribution in [3.63, 3.8) is 0 Å². The molecule has 0 bridgehead atoms. The molecule has 0 radical (unpaired) electrons. The molecule has 1 amide bonds. The SMILES string of the molecule is CCNCc1ccccc1NC(=O)c1cc(C)oc1C. The molecule has 2 rings (SSSR count). The monoisotopic (exact) mass is 272 g/mol. The predicted octanol–water partition coefficient (Wildman–Crippen LogP) is 3.26. The fourth-order valence-corrected chi connectivity index (χ4v) is 2.10. The normalized spacial score (nSPS) is 10.6. The van der Waals surface area contributed by atoms with E-state index in [4.69, 9.17) is 4.42 Å². The van der Waals surface area contributed by atoms with Crippen molar-refractivity contribution in [3.05, 3.63) is 53.0 Å². The van der Waals surface area contributed by atoms with Crippen LogP contribution < -0.4 is 10.6 Å². The zero-order valence-electron chi connectivity index (χ0n) is 12.1. The van der Waals surface area contributed by atoms with Crippen LogP contribution in [-0.2, 0) is 6.54 Å². The molecular formula is C16H20N2O2. The van der Waals surface area contributed by atoms with Crippen LogP contribution >= 0.6 is 0 Å². The number of rotatable bonds is 5. The lowest BCUT2D eigenvalue weighted by molar-refractivity contribution is 0.102. The van der Waals surface area contributed by atoms with Crippen LogP contribution in [0.25, 0.3) is 0 Å². The summed E-state index contributed by atoms with van der Waals surface area (Å²) in [6, 6.07) is 9.56. The van der Waals surface area contributed by atoms with E-state index in [1.807, 2.05) is 31.2 Å². The van der Waals surface area contributed by atoms with E-state index in [-0.39, 0.29) is 5.91 Å². The van der Waals surface area contributed by atoms with Gasteiger partial charge in [-0.15, -0.1) is 0 Å². The number of anilines is 1. The summed E-state index contributed by atoms with van der Waals surface area (Å²) in [5.41, 5.74) is 2.48. The van der Waals surface area contributed by atoms with Gasteiger partial charge in [0.15, 0.2) is 0 Å². The van der Waals surface area contributed by atoms with Gasteiger partial charge in [0.2, 0.25) is 0 Å². The summed E-state index contributed by atoms with van der Waals surface area (Å²) >= 11 is 0. The Kier molecular flexibility index (Phi) is 4.58. The molecule has 20 heavy (non-hydrogen) atoms. The Morgan fingerprint density at radius 3 is 2.65 bits per heavy atom. The third kappa shape index (κ3) is 3.27. The summed E-state index contributed by atoms with van der Waals surface area (Å²) in [5, 5.41) is 6.21. The maximum absolute atomic E-state index is 12.3. The van der Waals surface area contributed by atoms with Crippen LogP contribution in [-0.4, -0.2) is 12.5 Å². The van der Waals surface area contributed by atoms with Crippen molar-refractivity contribution in [2.24, 2.45) is 0 Å². The highest BCUT2D eigenvalue weighted by molar-refractivity contribution is 6.05. The van der Waals surface area contributed by atoms with E-state index in [9.17, 15) is 4.79 Å². The molecule has 1 heterocycles. The summed E-state index contributed by atoms with van der Waals surface area (Å²) in [5.74, 6) is 1.25. The molecule has 2 aromatic rings. The number of carbonyl (C=O) groups excluding carboxylic acids is 1. The van der Waals surface area contributed by atoms with E-state index in [0.29, 0.717) is 11.3 Å². The molecule has 4 nitrogen and oxygen atoms in total. The van der Waals surface area contributed by atoms with Crippen molar-refractivity contribution >= 4 is 11.6 Å². The van der Waals surface area contributed by atoms with Crippen LogP contribution in [0.3, 0.4) is 0 Å². The van der Waals surface area contributed by atoms with Gasteiger partial charge in [-0.05, 0) is 38.1 Å². The fourth-order valence-electron chi connectivity index (χ4n) is 2.10. The Hall–Kier alpha value is -2.07. The van der Waals surface area contributed by atoms with Crippen molar-refractivity contribution in [1.29, 1.82) is 0 Å². The topological polar surface area (TPSA) is 54.3 Å². The maximum Gasteiger partial charge on any atom is 0.259 e. The first-order valence-electron chi connectivity index (χ1n) is 6.78. The summed E-state index contributed by atoms with van der Waals surface area (Å²) in [6.07, 6.45) is 0. The highest BCUT2D eigenvalue weighted by atomic mass is 16.3. The molecule has 0 aliphatic rings. The fraction of sp³-hybridized carbons (Fsp3) is 0.312. The van der Waals surface area contributed by atoms with Crippen molar-refractivity contribution in [2.45, 2.75) is 27.3 Å². The van der Waals surface area contributed by atoms with Gasteiger partial charge < -0.3 is 15.1 Å². The Morgan fingerprint density at radius 2 is 2.00 bits per heavy atom. The highest BCUT2D eigenvalue weighted by Crippen LogP contribution is 2.19. The van der Waals surface area contributed by atoms with Gasteiger partial charge in [0.1, 0.15) is 11.5 Å². The average molecular weight is 272 g/mol. The lowest BCUT2D eigenvalue weighted by Gasteiger charge is -2.11. The van der Waals surface area contributed by atoms with Crippen LogP contribution in [0.15, 0.2) is 34.7 Å². The Labute approximate surface area is 119 Å². The first-order chi connectivity index (χ1) is 9.61. The molecule has 0 fully saturated rings. The number of nitrogens with one attached hydrogen (secondary N) is 2. The second kappa shape index (κ2) is 6.39. The van der Waals surface area contributed by atoms with Crippen molar-refractivity contribution < 1.29 is 9.21 Å². The number of amides is 1. The van der Waals surface area contributed by atoms with Gasteiger partial charge in [-0.25, -0.2) is 0 Å². The number of benzene rings is 1. The molecule has 4 heteroatoms. The molecule has 0 aliphatic heterocycles. The van der Waals surface area contributed by atoms with Crippen LogP contribution in [0.5, 0.6) is 0 Å². The number of hydrogen-bond donors (Lipinski definition) is 2. The first-order valence-corrected chi connectivity index (χ1v) is 6.78. The third-order valence-electron chi connectivity index (χ3n) is 3.12. The molecule has 0 spiro atoms. The zero-order chi connectivity index (χ0) is 14.5. The minimum atomic E-state index is -0.136. The van der Waals surface area contributed by atoms with E-state index in [1.165, 1.54) is 0 Å². The van der Waals surface area contributed by atoms with Crippen molar-refractivity contribution in [3.8, 4) is 0 Å². The number of para-hydroxylation sites is 1. The van der Waals surface area contributed by atoms with Gasteiger partial charge in [0.05, 0.1) is 5.56 Å².